The highest BCUT2D eigenvalue weighted by molar-refractivity contribution is 5.95. The Morgan fingerprint density at radius 3 is 2.46 bits per heavy atom. The summed E-state index contributed by atoms with van der Waals surface area (Å²) < 4.78 is 5.47. The van der Waals surface area contributed by atoms with Gasteiger partial charge in [-0.25, -0.2) is 0 Å². The molecule has 1 amide bonds. The molecule has 4 nitrogen and oxygen atoms in total. The fourth-order valence-electron chi connectivity index (χ4n) is 3.13. The van der Waals surface area contributed by atoms with E-state index in [1.165, 1.54) is 5.56 Å². The molecule has 0 aliphatic carbocycles. The Balaban J connectivity index is 1.72. The Hall–Kier alpha value is -2.17. The quantitative estimate of drug-likeness (QED) is 0.919. The number of nitrogens with zero attached hydrogens (tertiary/aromatic N) is 1. The van der Waals surface area contributed by atoms with E-state index >= 15 is 0 Å². The zero-order valence-electron chi connectivity index (χ0n) is 14.1. The van der Waals surface area contributed by atoms with E-state index in [1.54, 1.807) is 0 Å². The predicted octanol–water partition coefficient (Wildman–Crippen LogP) is 2.80. The molecule has 0 unspecified atom stereocenters. The van der Waals surface area contributed by atoms with Crippen molar-refractivity contribution in [3.8, 4) is 0 Å². The number of nitrogens with one attached hydrogen (secondary N) is 1. The summed E-state index contributed by atoms with van der Waals surface area (Å²) in [5.74, 6) is -0.0118. The zero-order valence-corrected chi connectivity index (χ0v) is 14.1. The van der Waals surface area contributed by atoms with Gasteiger partial charge in [0.2, 0.25) is 0 Å². The van der Waals surface area contributed by atoms with Crippen LogP contribution in [0, 0.1) is 6.92 Å². The normalized spacial score (nSPS) is 16.5. The average Bonchev–Trinajstić information content (AvgIpc) is 2.64. The van der Waals surface area contributed by atoms with Crippen LogP contribution in [-0.4, -0.2) is 43.7 Å². The Morgan fingerprint density at radius 2 is 1.75 bits per heavy atom. The van der Waals surface area contributed by atoms with E-state index in [1.807, 2.05) is 49.4 Å². The van der Waals surface area contributed by atoms with Crippen LogP contribution in [0.1, 0.15) is 27.5 Å². The summed E-state index contributed by atoms with van der Waals surface area (Å²) in [6.45, 7) is 5.83. The number of rotatable bonds is 5. The Morgan fingerprint density at radius 1 is 1.08 bits per heavy atom. The fourth-order valence-corrected chi connectivity index (χ4v) is 3.13. The van der Waals surface area contributed by atoms with Crippen molar-refractivity contribution < 1.29 is 9.53 Å². The highest BCUT2D eigenvalue weighted by Crippen LogP contribution is 2.21. The molecular weight excluding hydrogens is 300 g/mol. The van der Waals surface area contributed by atoms with E-state index in [0.29, 0.717) is 6.54 Å². The van der Waals surface area contributed by atoms with Gasteiger partial charge in [-0.05, 0) is 24.1 Å². The molecule has 0 bridgehead atoms. The SMILES string of the molecule is Cc1ccccc1C(=O)NC[C@H](c1ccccc1)N1CCOCC1. The van der Waals surface area contributed by atoms with E-state index in [4.69, 9.17) is 4.74 Å². The van der Waals surface area contributed by atoms with Gasteiger partial charge in [0.15, 0.2) is 0 Å². The lowest BCUT2D eigenvalue weighted by molar-refractivity contribution is 0.0162. The summed E-state index contributed by atoms with van der Waals surface area (Å²) in [7, 11) is 0. The number of hydrogen-bond acceptors (Lipinski definition) is 3. The zero-order chi connectivity index (χ0) is 16.8. The van der Waals surface area contributed by atoms with E-state index in [-0.39, 0.29) is 11.9 Å². The first-order chi connectivity index (χ1) is 11.8. The Labute approximate surface area is 143 Å². The number of hydrogen-bond donors (Lipinski definition) is 1. The molecule has 0 aromatic heterocycles. The highest BCUT2D eigenvalue weighted by atomic mass is 16.5. The molecule has 0 saturated carbocycles. The molecular formula is C20H24N2O2. The lowest BCUT2D eigenvalue weighted by Gasteiger charge is -2.35. The minimum absolute atomic E-state index is 0.0118. The molecule has 1 aliphatic heterocycles. The van der Waals surface area contributed by atoms with Crippen molar-refractivity contribution in [1.82, 2.24) is 10.2 Å². The lowest BCUT2D eigenvalue weighted by Crippen LogP contribution is -2.43. The van der Waals surface area contributed by atoms with E-state index < -0.39 is 0 Å². The van der Waals surface area contributed by atoms with Gasteiger partial charge in [0.25, 0.3) is 5.91 Å². The van der Waals surface area contributed by atoms with E-state index in [9.17, 15) is 4.79 Å². The molecule has 1 aliphatic rings. The monoisotopic (exact) mass is 324 g/mol. The largest absolute Gasteiger partial charge is 0.379 e. The molecule has 1 heterocycles. The maximum absolute atomic E-state index is 12.5. The average molecular weight is 324 g/mol. The standard InChI is InChI=1S/C20H24N2O2/c1-16-7-5-6-10-18(16)20(23)21-15-19(17-8-3-2-4-9-17)22-11-13-24-14-12-22/h2-10,19H,11-15H2,1H3,(H,21,23)/t19-/m1/s1. The van der Waals surface area contributed by atoms with Gasteiger partial charge in [-0.15, -0.1) is 0 Å². The van der Waals surface area contributed by atoms with Crippen LogP contribution in [0.25, 0.3) is 0 Å². The molecule has 126 valence electrons. The van der Waals surface area contributed by atoms with Gasteiger partial charge >= 0.3 is 0 Å². The van der Waals surface area contributed by atoms with Gasteiger partial charge in [0.05, 0.1) is 19.3 Å². The molecule has 0 radical (unpaired) electrons. The van der Waals surface area contributed by atoms with Gasteiger partial charge in [-0.2, -0.15) is 0 Å². The number of ether oxygens (including phenoxy) is 1. The summed E-state index contributed by atoms with van der Waals surface area (Å²) in [5, 5.41) is 3.11. The van der Waals surface area contributed by atoms with Crippen molar-refractivity contribution in [2.75, 3.05) is 32.8 Å². The molecule has 1 fully saturated rings. The number of carbonyl (C=O) groups is 1. The first-order valence-corrected chi connectivity index (χ1v) is 8.46. The summed E-state index contributed by atoms with van der Waals surface area (Å²) in [5.41, 5.74) is 2.97. The second kappa shape index (κ2) is 8.08. The van der Waals surface area contributed by atoms with Crippen LogP contribution in [0.4, 0.5) is 0 Å². The van der Waals surface area contributed by atoms with E-state index in [0.717, 1.165) is 37.4 Å². The van der Waals surface area contributed by atoms with Crippen molar-refractivity contribution >= 4 is 5.91 Å². The van der Waals surface area contributed by atoms with Crippen LogP contribution in [0.2, 0.25) is 0 Å². The van der Waals surface area contributed by atoms with Crippen molar-refractivity contribution in [1.29, 1.82) is 0 Å². The van der Waals surface area contributed by atoms with Crippen LogP contribution in [-0.2, 0) is 4.74 Å². The minimum Gasteiger partial charge on any atom is -0.379 e. The maximum Gasteiger partial charge on any atom is 0.251 e. The number of benzene rings is 2. The molecule has 3 rings (SSSR count). The number of amides is 1. The third-order valence-electron chi connectivity index (χ3n) is 4.52. The third kappa shape index (κ3) is 4.02. The molecule has 2 aromatic rings. The minimum atomic E-state index is -0.0118. The van der Waals surface area contributed by atoms with Crippen molar-refractivity contribution in [3.05, 3.63) is 71.3 Å². The maximum atomic E-state index is 12.5. The smallest absolute Gasteiger partial charge is 0.251 e. The summed E-state index contributed by atoms with van der Waals surface area (Å²) in [4.78, 5) is 14.9. The summed E-state index contributed by atoms with van der Waals surface area (Å²) >= 11 is 0. The topological polar surface area (TPSA) is 41.6 Å². The predicted molar refractivity (Wildman–Crippen MR) is 95.1 cm³/mol. The van der Waals surface area contributed by atoms with Crippen LogP contribution < -0.4 is 5.32 Å². The van der Waals surface area contributed by atoms with Crippen molar-refractivity contribution in [2.24, 2.45) is 0 Å². The fraction of sp³-hybridized carbons (Fsp3) is 0.350. The number of morpholine rings is 1. The number of carbonyl (C=O) groups excluding carboxylic acids is 1. The first kappa shape index (κ1) is 16.7. The van der Waals surface area contributed by atoms with Gasteiger partial charge < -0.3 is 10.1 Å². The molecule has 4 heteroatoms. The summed E-state index contributed by atoms with van der Waals surface area (Å²) in [6.07, 6.45) is 0. The van der Waals surface area contributed by atoms with E-state index in [2.05, 4.69) is 22.3 Å². The third-order valence-corrected chi connectivity index (χ3v) is 4.52. The highest BCUT2D eigenvalue weighted by Gasteiger charge is 2.23. The van der Waals surface area contributed by atoms with Crippen LogP contribution >= 0.6 is 0 Å². The van der Waals surface area contributed by atoms with Crippen LogP contribution in [0.5, 0.6) is 0 Å². The van der Waals surface area contributed by atoms with Crippen LogP contribution in [0.3, 0.4) is 0 Å². The molecule has 1 saturated heterocycles. The molecule has 2 aromatic carbocycles. The first-order valence-electron chi connectivity index (χ1n) is 8.46. The number of aryl methyl sites for hydroxylation is 1. The second-order valence-corrected chi connectivity index (χ2v) is 6.10. The van der Waals surface area contributed by atoms with Crippen LogP contribution in [0.15, 0.2) is 54.6 Å². The Kier molecular flexibility index (Phi) is 5.62. The second-order valence-electron chi connectivity index (χ2n) is 6.10. The summed E-state index contributed by atoms with van der Waals surface area (Å²) in [6, 6.07) is 18.2. The molecule has 1 N–H and O–H groups in total. The van der Waals surface area contributed by atoms with Gasteiger partial charge in [-0.3, -0.25) is 9.69 Å². The lowest BCUT2D eigenvalue weighted by atomic mass is 10.0. The van der Waals surface area contributed by atoms with Gasteiger partial charge in [0, 0.05) is 25.2 Å². The Bertz CT molecular complexity index is 666. The molecule has 24 heavy (non-hydrogen) atoms. The molecule has 1 atom stereocenters. The van der Waals surface area contributed by atoms with Crippen molar-refractivity contribution in [3.63, 3.8) is 0 Å². The van der Waals surface area contributed by atoms with Gasteiger partial charge in [0.1, 0.15) is 0 Å². The molecule has 0 spiro atoms. The van der Waals surface area contributed by atoms with Crippen molar-refractivity contribution in [2.45, 2.75) is 13.0 Å². The van der Waals surface area contributed by atoms with Gasteiger partial charge in [-0.1, -0.05) is 48.5 Å².